The minimum Gasteiger partial charge on any atom is -0.370 e. The van der Waals surface area contributed by atoms with Crippen molar-refractivity contribution in [3.63, 3.8) is 0 Å². The van der Waals surface area contributed by atoms with E-state index < -0.39 is 12.6 Å². The van der Waals surface area contributed by atoms with Gasteiger partial charge in [-0.1, -0.05) is 6.58 Å². The molecule has 0 saturated carbocycles. The summed E-state index contributed by atoms with van der Waals surface area (Å²) in [5.41, 5.74) is 2.86. The van der Waals surface area contributed by atoms with Crippen LogP contribution in [0.25, 0.3) is 16.6 Å². The van der Waals surface area contributed by atoms with Crippen LogP contribution in [0.2, 0.25) is 0 Å². The maximum absolute atomic E-state index is 12.8. The Labute approximate surface area is 177 Å². The minimum atomic E-state index is -4.26. The van der Waals surface area contributed by atoms with Crippen molar-refractivity contribution in [2.45, 2.75) is 32.0 Å². The highest BCUT2D eigenvalue weighted by Gasteiger charge is 2.29. The number of halogens is 3. The van der Waals surface area contributed by atoms with E-state index in [2.05, 4.69) is 26.6 Å². The van der Waals surface area contributed by atoms with Crippen molar-refractivity contribution in [3.8, 4) is 0 Å². The Morgan fingerprint density at radius 1 is 1.26 bits per heavy atom. The van der Waals surface area contributed by atoms with Gasteiger partial charge in [-0.3, -0.25) is 4.68 Å². The van der Waals surface area contributed by atoms with Crippen LogP contribution >= 0.6 is 0 Å². The number of allylic oxidation sites excluding steroid dienone is 1. The van der Waals surface area contributed by atoms with Crippen LogP contribution in [0.4, 0.5) is 19.1 Å². The minimum absolute atomic E-state index is 0.205. The number of fused-ring (bicyclic) bond motifs is 1. The van der Waals surface area contributed by atoms with E-state index in [1.165, 1.54) is 0 Å². The average Bonchev–Trinajstić information content (AvgIpc) is 3.17. The van der Waals surface area contributed by atoms with Gasteiger partial charge in [0.2, 0.25) is 5.95 Å². The Morgan fingerprint density at radius 2 is 2.06 bits per heavy atom. The summed E-state index contributed by atoms with van der Waals surface area (Å²) in [7, 11) is 1.84. The average molecular weight is 432 g/mol. The lowest BCUT2D eigenvalue weighted by Gasteiger charge is -2.32. The first kappa shape index (κ1) is 21.2. The Bertz CT molecular complexity index is 1110. The fourth-order valence-corrected chi connectivity index (χ4v) is 3.55. The molecule has 1 fully saturated rings. The monoisotopic (exact) mass is 432 g/mol. The summed E-state index contributed by atoms with van der Waals surface area (Å²) < 4.78 is 45.9. The van der Waals surface area contributed by atoms with E-state index in [-0.39, 0.29) is 12.5 Å². The molecule has 1 aliphatic rings. The van der Waals surface area contributed by atoms with Crippen LogP contribution in [0.3, 0.4) is 0 Å². The number of morpholine rings is 1. The molecule has 1 atom stereocenters. The third-order valence-electron chi connectivity index (χ3n) is 5.18. The predicted octanol–water partition coefficient (Wildman–Crippen LogP) is 4.00. The van der Waals surface area contributed by atoms with Gasteiger partial charge in [-0.05, 0) is 31.1 Å². The summed E-state index contributed by atoms with van der Waals surface area (Å²) >= 11 is 0. The number of pyridine rings is 1. The Hall–Kier alpha value is -3.01. The molecule has 4 rings (SSSR count). The standard InChI is InChI=1S/C21H23F3N6O/c1-13(6-7-21(22,23)24)18-16-5-4-14(2)26-19(16)28-20(27-18)30-8-9-31-17(12-30)15-10-25-29(3)11-15/h4-5,10-11,17H,1,6-9,12H2,2-3H3/t17-/m1/s1. The third-order valence-corrected chi connectivity index (χ3v) is 5.18. The van der Waals surface area contributed by atoms with Crippen molar-refractivity contribution in [3.05, 3.63) is 48.1 Å². The summed E-state index contributed by atoms with van der Waals surface area (Å²) in [5.74, 6) is 0.408. The zero-order valence-corrected chi connectivity index (χ0v) is 17.4. The molecule has 0 aromatic carbocycles. The van der Waals surface area contributed by atoms with Gasteiger partial charge in [-0.15, -0.1) is 0 Å². The molecule has 0 radical (unpaired) electrons. The van der Waals surface area contributed by atoms with E-state index in [9.17, 15) is 13.2 Å². The van der Waals surface area contributed by atoms with Crippen molar-refractivity contribution in [1.82, 2.24) is 24.7 Å². The zero-order chi connectivity index (χ0) is 22.2. The number of aromatic nitrogens is 5. The molecule has 1 saturated heterocycles. The molecule has 0 unspecified atom stereocenters. The smallest absolute Gasteiger partial charge is 0.370 e. The molecular formula is C21H23F3N6O. The van der Waals surface area contributed by atoms with Crippen LogP contribution in [0.5, 0.6) is 0 Å². The Kier molecular flexibility index (Phi) is 5.65. The third kappa shape index (κ3) is 4.84. The number of nitrogens with zero attached hydrogens (tertiary/aromatic N) is 6. The van der Waals surface area contributed by atoms with E-state index in [4.69, 9.17) is 4.74 Å². The summed E-state index contributed by atoms with van der Waals surface area (Å²) in [4.78, 5) is 15.7. The lowest BCUT2D eigenvalue weighted by atomic mass is 10.0. The highest BCUT2D eigenvalue weighted by atomic mass is 19.4. The number of alkyl halides is 3. The summed E-state index contributed by atoms with van der Waals surface area (Å²) in [5, 5.41) is 4.79. The van der Waals surface area contributed by atoms with Gasteiger partial charge in [0.15, 0.2) is 5.65 Å². The summed E-state index contributed by atoms with van der Waals surface area (Å²) in [6.45, 7) is 7.24. The van der Waals surface area contributed by atoms with Crippen molar-refractivity contribution < 1.29 is 17.9 Å². The topological polar surface area (TPSA) is 69.0 Å². The number of rotatable bonds is 5. The van der Waals surface area contributed by atoms with Crippen molar-refractivity contribution in [2.24, 2.45) is 7.05 Å². The van der Waals surface area contributed by atoms with Gasteiger partial charge < -0.3 is 9.64 Å². The fraction of sp³-hybridized carbons (Fsp3) is 0.429. The number of hydrogen-bond acceptors (Lipinski definition) is 6. The van der Waals surface area contributed by atoms with E-state index in [0.717, 1.165) is 11.3 Å². The highest BCUT2D eigenvalue weighted by molar-refractivity contribution is 5.88. The second kappa shape index (κ2) is 8.26. The molecule has 0 aliphatic carbocycles. The van der Waals surface area contributed by atoms with Crippen LogP contribution in [0.1, 0.15) is 35.9 Å². The quantitative estimate of drug-likeness (QED) is 0.607. The summed E-state index contributed by atoms with van der Waals surface area (Å²) in [6.07, 6.45) is -2.00. The molecule has 0 bridgehead atoms. The largest absolute Gasteiger partial charge is 0.389 e. The molecule has 4 heterocycles. The second-order valence-electron chi connectivity index (χ2n) is 7.67. The normalized spacial score (nSPS) is 17.3. The molecule has 0 spiro atoms. The number of hydrogen-bond donors (Lipinski definition) is 0. The molecule has 0 amide bonds. The van der Waals surface area contributed by atoms with E-state index in [0.29, 0.717) is 47.9 Å². The van der Waals surface area contributed by atoms with Gasteiger partial charge in [-0.2, -0.15) is 23.3 Å². The molecule has 164 valence electrons. The van der Waals surface area contributed by atoms with E-state index in [1.54, 1.807) is 23.0 Å². The highest BCUT2D eigenvalue weighted by Crippen LogP contribution is 2.31. The van der Waals surface area contributed by atoms with Gasteiger partial charge in [0.05, 0.1) is 25.0 Å². The molecule has 3 aromatic heterocycles. The molecule has 0 N–H and O–H groups in total. The Balaban J connectivity index is 1.68. The number of anilines is 1. The van der Waals surface area contributed by atoms with Gasteiger partial charge in [0, 0.05) is 42.9 Å². The molecule has 31 heavy (non-hydrogen) atoms. The van der Waals surface area contributed by atoms with Gasteiger partial charge in [0.1, 0.15) is 6.10 Å². The maximum Gasteiger partial charge on any atom is 0.389 e. The molecule has 1 aliphatic heterocycles. The molecule has 3 aromatic rings. The van der Waals surface area contributed by atoms with Crippen molar-refractivity contribution >= 4 is 22.6 Å². The lowest BCUT2D eigenvalue weighted by molar-refractivity contribution is -0.133. The van der Waals surface area contributed by atoms with E-state index in [1.807, 2.05) is 25.1 Å². The number of aryl methyl sites for hydroxylation is 2. The van der Waals surface area contributed by atoms with Crippen LogP contribution in [0.15, 0.2) is 31.1 Å². The second-order valence-corrected chi connectivity index (χ2v) is 7.67. The number of ether oxygens (including phenoxy) is 1. The lowest BCUT2D eigenvalue weighted by Crippen LogP contribution is -2.39. The molecular weight excluding hydrogens is 409 g/mol. The predicted molar refractivity (Wildman–Crippen MR) is 111 cm³/mol. The zero-order valence-electron chi connectivity index (χ0n) is 17.4. The maximum atomic E-state index is 12.8. The molecule has 7 nitrogen and oxygen atoms in total. The summed E-state index contributed by atoms with van der Waals surface area (Å²) in [6, 6.07) is 3.58. The first-order valence-electron chi connectivity index (χ1n) is 9.95. The van der Waals surface area contributed by atoms with Crippen LogP contribution < -0.4 is 4.90 Å². The van der Waals surface area contributed by atoms with Crippen LogP contribution in [-0.4, -0.2) is 50.6 Å². The van der Waals surface area contributed by atoms with Crippen LogP contribution in [-0.2, 0) is 11.8 Å². The van der Waals surface area contributed by atoms with Gasteiger partial charge in [0.25, 0.3) is 0 Å². The van der Waals surface area contributed by atoms with Crippen molar-refractivity contribution in [2.75, 3.05) is 24.6 Å². The first-order chi connectivity index (χ1) is 14.7. The van der Waals surface area contributed by atoms with Gasteiger partial charge in [-0.25, -0.2) is 9.97 Å². The van der Waals surface area contributed by atoms with E-state index >= 15 is 0 Å². The SMILES string of the molecule is C=C(CCC(F)(F)F)c1nc(N2CCO[C@@H](c3cnn(C)c3)C2)nc2nc(C)ccc12. The van der Waals surface area contributed by atoms with Crippen LogP contribution in [0, 0.1) is 6.92 Å². The van der Waals surface area contributed by atoms with Gasteiger partial charge >= 0.3 is 6.18 Å². The van der Waals surface area contributed by atoms with Crippen molar-refractivity contribution in [1.29, 1.82) is 0 Å². The Morgan fingerprint density at radius 3 is 2.77 bits per heavy atom. The fourth-order valence-electron chi connectivity index (χ4n) is 3.55. The first-order valence-corrected chi connectivity index (χ1v) is 9.95. The molecule has 10 heteroatoms.